The van der Waals surface area contributed by atoms with Crippen LogP contribution in [0.2, 0.25) is 0 Å². The number of carbonyl (C=O) groups is 1. The first-order valence-corrected chi connectivity index (χ1v) is 6.30. The molecule has 0 fully saturated rings. The highest BCUT2D eigenvalue weighted by atomic mass is 16.1. The molecule has 0 saturated carbocycles. The molecule has 0 aliphatic heterocycles. The minimum absolute atomic E-state index is 0.357. The predicted octanol–water partition coefficient (Wildman–Crippen LogP) is 1.62. The minimum Gasteiger partial charge on any atom is -0.384 e. The van der Waals surface area contributed by atoms with Crippen LogP contribution in [0.25, 0.3) is 16.9 Å². The van der Waals surface area contributed by atoms with Crippen molar-refractivity contribution in [3.05, 3.63) is 60.7 Å². The lowest BCUT2D eigenvalue weighted by Gasteiger charge is -2.01. The van der Waals surface area contributed by atoms with Crippen LogP contribution in [0.3, 0.4) is 0 Å². The quantitative estimate of drug-likeness (QED) is 0.760. The van der Waals surface area contributed by atoms with Crippen LogP contribution in [0.15, 0.2) is 55.1 Å². The second kappa shape index (κ2) is 5.09. The van der Waals surface area contributed by atoms with Crippen LogP contribution in [-0.2, 0) is 0 Å². The Kier molecular flexibility index (Phi) is 3.12. The van der Waals surface area contributed by atoms with Crippen molar-refractivity contribution in [2.24, 2.45) is 5.73 Å². The summed E-state index contributed by atoms with van der Waals surface area (Å²) in [6.07, 6.45) is 4.82. The molecular formula is C15H13N5O. The molecule has 0 unspecified atom stereocenters. The zero-order valence-electron chi connectivity index (χ0n) is 11.1. The number of amides is 1. The van der Waals surface area contributed by atoms with Gasteiger partial charge in [-0.05, 0) is 5.56 Å². The number of aromatic nitrogens is 3. The maximum Gasteiger partial charge on any atom is 0.250 e. The van der Waals surface area contributed by atoms with Gasteiger partial charge in [0.1, 0.15) is 18.0 Å². The zero-order chi connectivity index (χ0) is 14.8. The first kappa shape index (κ1) is 12.9. The Bertz CT molecular complexity index is 795. The number of nitrogen functional groups attached to an aromatic ring is 1. The topological polar surface area (TPSA) is 99.8 Å². The molecule has 6 heteroatoms. The van der Waals surface area contributed by atoms with E-state index in [1.54, 1.807) is 23.0 Å². The SMILES string of the molecule is NC(=O)c1cn(-c2cc(N)ncn2)cc1-c1ccccc1. The van der Waals surface area contributed by atoms with E-state index in [0.717, 1.165) is 11.1 Å². The van der Waals surface area contributed by atoms with E-state index in [9.17, 15) is 4.79 Å². The highest BCUT2D eigenvalue weighted by Gasteiger charge is 2.14. The van der Waals surface area contributed by atoms with Crippen molar-refractivity contribution in [2.45, 2.75) is 0 Å². The summed E-state index contributed by atoms with van der Waals surface area (Å²) in [4.78, 5) is 19.6. The second-order valence-electron chi connectivity index (χ2n) is 4.52. The lowest BCUT2D eigenvalue weighted by atomic mass is 10.0. The molecule has 104 valence electrons. The van der Waals surface area contributed by atoms with Gasteiger partial charge in [0.15, 0.2) is 0 Å². The van der Waals surface area contributed by atoms with E-state index in [-0.39, 0.29) is 0 Å². The molecule has 2 heterocycles. The fourth-order valence-electron chi connectivity index (χ4n) is 2.13. The Morgan fingerprint density at radius 3 is 2.52 bits per heavy atom. The maximum absolute atomic E-state index is 11.7. The summed E-state index contributed by atoms with van der Waals surface area (Å²) in [5.41, 5.74) is 13.2. The van der Waals surface area contributed by atoms with Crippen molar-refractivity contribution in [1.29, 1.82) is 0 Å². The number of primary amides is 1. The third-order valence-electron chi connectivity index (χ3n) is 3.12. The van der Waals surface area contributed by atoms with Crippen LogP contribution in [0.4, 0.5) is 5.82 Å². The van der Waals surface area contributed by atoms with Gasteiger partial charge < -0.3 is 16.0 Å². The van der Waals surface area contributed by atoms with E-state index in [4.69, 9.17) is 11.5 Å². The van der Waals surface area contributed by atoms with Crippen molar-refractivity contribution in [3.63, 3.8) is 0 Å². The molecule has 21 heavy (non-hydrogen) atoms. The van der Waals surface area contributed by atoms with Crippen LogP contribution in [0, 0.1) is 0 Å². The molecule has 4 N–H and O–H groups in total. The van der Waals surface area contributed by atoms with Crippen LogP contribution in [0.5, 0.6) is 0 Å². The molecule has 6 nitrogen and oxygen atoms in total. The number of nitrogens with two attached hydrogens (primary N) is 2. The zero-order valence-corrected chi connectivity index (χ0v) is 11.1. The molecule has 0 aliphatic carbocycles. The van der Waals surface area contributed by atoms with Crippen LogP contribution in [-0.4, -0.2) is 20.4 Å². The predicted molar refractivity (Wildman–Crippen MR) is 79.7 cm³/mol. The number of benzene rings is 1. The third kappa shape index (κ3) is 2.46. The molecule has 3 rings (SSSR count). The van der Waals surface area contributed by atoms with Crippen molar-refractivity contribution < 1.29 is 4.79 Å². The number of nitrogens with zero attached hydrogens (tertiary/aromatic N) is 3. The van der Waals surface area contributed by atoms with Gasteiger partial charge in [-0.25, -0.2) is 9.97 Å². The largest absolute Gasteiger partial charge is 0.384 e. The van der Waals surface area contributed by atoms with Crippen LogP contribution < -0.4 is 11.5 Å². The van der Waals surface area contributed by atoms with Crippen molar-refractivity contribution in [3.8, 4) is 16.9 Å². The smallest absolute Gasteiger partial charge is 0.250 e. The van der Waals surface area contributed by atoms with E-state index >= 15 is 0 Å². The van der Waals surface area contributed by atoms with Gasteiger partial charge in [-0.3, -0.25) is 4.79 Å². The van der Waals surface area contributed by atoms with Gasteiger partial charge in [-0.15, -0.1) is 0 Å². The lowest BCUT2D eigenvalue weighted by Crippen LogP contribution is -2.11. The van der Waals surface area contributed by atoms with Crippen LogP contribution in [0.1, 0.15) is 10.4 Å². The number of rotatable bonds is 3. The summed E-state index contributed by atoms with van der Waals surface area (Å²) < 4.78 is 1.71. The normalized spacial score (nSPS) is 10.5. The standard InChI is InChI=1S/C15H13N5O/c16-13-6-14(19-9-18-13)20-7-11(12(8-20)15(17)21)10-4-2-1-3-5-10/h1-9H,(H2,17,21)(H2,16,18,19). The van der Waals surface area contributed by atoms with Crippen molar-refractivity contribution in [1.82, 2.24) is 14.5 Å². The Hall–Kier alpha value is -3.15. The van der Waals surface area contributed by atoms with E-state index in [1.165, 1.54) is 6.33 Å². The van der Waals surface area contributed by atoms with Gasteiger partial charge in [-0.2, -0.15) is 0 Å². The summed E-state index contributed by atoms with van der Waals surface area (Å²) in [5.74, 6) is 0.442. The van der Waals surface area contributed by atoms with E-state index in [0.29, 0.717) is 17.2 Å². The molecule has 0 atom stereocenters. The molecule has 0 spiro atoms. The average Bonchev–Trinajstić information content (AvgIpc) is 2.93. The van der Waals surface area contributed by atoms with E-state index in [2.05, 4.69) is 9.97 Å². The van der Waals surface area contributed by atoms with E-state index in [1.807, 2.05) is 30.3 Å². The van der Waals surface area contributed by atoms with Gasteiger partial charge in [0.2, 0.25) is 0 Å². The molecule has 0 radical (unpaired) electrons. The Labute approximate surface area is 121 Å². The van der Waals surface area contributed by atoms with Gasteiger partial charge in [-0.1, -0.05) is 30.3 Å². The summed E-state index contributed by atoms with van der Waals surface area (Å²) in [5, 5.41) is 0. The molecule has 0 saturated heterocycles. The van der Waals surface area contributed by atoms with Gasteiger partial charge in [0, 0.05) is 24.0 Å². The van der Waals surface area contributed by atoms with Gasteiger partial charge in [0.05, 0.1) is 5.56 Å². The Morgan fingerprint density at radius 1 is 1.10 bits per heavy atom. The van der Waals surface area contributed by atoms with Gasteiger partial charge in [0.25, 0.3) is 5.91 Å². The first-order chi connectivity index (χ1) is 10.1. The number of hydrogen-bond donors (Lipinski definition) is 2. The Morgan fingerprint density at radius 2 is 1.86 bits per heavy atom. The molecule has 0 bridgehead atoms. The fraction of sp³-hybridized carbons (Fsp3) is 0. The van der Waals surface area contributed by atoms with Gasteiger partial charge >= 0.3 is 0 Å². The molecule has 1 amide bonds. The molecule has 3 aromatic rings. The number of hydrogen-bond acceptors (Lipinski definition) is 4. The monoisotopic (exact) mass is 279 g/mol. The summed E-state index contributed by atoms with van der Waals surface area (Å²) >= 11 is 0. The fourth-order valence-corrected chi connectivity index (χ4v) is 2.13. The van der Waals surface area contributed by atoms with Crippen LogP contribution >= 0.6 is 0 Å². The van der Waals surface area contributed by atoms with E-state index < -0.39 is 5.91 Å². The van der Waals surface area contributed by atoms with Crippen molar-refractivity contribution in [2.75, 3.05) is 5.73 Å². The maximum atomic E-state index is 11.7. The molecule has 2 aromatic heterocycles. The molecular weight excluding hydrogens is 266 g/mol. The minimum atomic E-state index is -0.491. The average molecular weight is 279 g/mol. The number of carbonyl (C=O) groups excluding carboxylic acids is 1. The highest BCUT2D eigenvalue weighted by Crippen LogP contribution is 2.26. The van der Waals surface area contributed by atoms with Crippen molar-refractivity contribution >= 4 is 11.7 Å². The summed E-state index contributed by atoms with van der Waals surface area (Å²) in [6, 6.07) is 11.2. The molecule has 0 aliphatic rings. The summed E-state index contributed by atoms with van der Waals surface area (Å²) in [6.45, 7) is 0. The second-order valence-corrected chi connectivity index (χ2v) is 4.52. The highest BCUT2D eigenvalue weighted by molar-refractivity contribution is 6.00. The molecule has 1 aromatic carbocycles. The Balaban J connectivity index is 2.15. The third-order valence-corrected chi connectivity index (χ3v) is 3.12. The number of anilines is 1. The first-order valence-electron chi connectivity index (χ1n) is 6.30. The lowest BCUT2D eigenvalue weighted by molar-refractivity contribution is 0.100. The summed E-state index contributed by atoms with van der Waals surface area (Å²) in [7, 11) is 0.